The first-order chi connectivity index (χ1) is 16.5. The number of rotatable bonds is 8. The molecule has 0 radical (unpaired) electrons. The maximum atomic E-state index is 12.1. The van der Waals surface area contributed by atoms with Gasteiger partial charge in [-0.2, -0.15) is 4.98 Å². The monoisotopic (exact) mass is 483 g/mol. The molecule has 34 heavy (non-hydrogen) atoms. The van der Waals surface area contributed by atoms with Gasteiger partial charge < -0.3 is 15.3 Å². The molecule has 1 amide bonds. The topological polar surface area (TPSA) is 81.6 Å². The van der Waals surface area contributed by atoms with Crippen LogP contribution in [0.5, 0.6) is 0 Å². The summed E-state index contributed by atoms with van der Waals surface area (Å²) in [5.74, 6) is 1.45. The van der Waals surface area contributed by atoms with Crippen molar-refractivity contribution in [1.29, 1.82) is 0 Å². The number of nitrogens with zero attached hydrogens (tertiary/aromatic N) is 4. The molecule has 2 aromatic rings. The summed E-state index contributed by atoms with van der Waals surface area (Å²) in [6, 6.07) is 6.49. The maximum absolute atomic E-state index is 12.1. The number of halogens is 1. The Morgan fingerprint density at radius 3 is 2.62 bits per heavy atom. The van der Waals surface area contributed by atoms with E-state index in [1.807, 2.05) is 0 Å². The number of aryl methyl sites for hydroxylation is 1. The van der Waals surface area contributed by atoms with Crippen LogP contribution in [-0.2, 0) is 4.79 Å². The Morgan fingerprint density at radius 2 is 2.00 bits per heavy atom. The van der Waals surface area contributed by atoms with E-state index >= 15 is 0 Å². The molecule has 7 nitrogen and oxygen atoms in total. The fraction of sp³-hybridized carbons (Fsp3) is 0.500. The fourth-order valence-electron chi connectivity index (χ4n) is 4.94. The SMILES string of the molecule is C/C(Cl)=C\c1cnc(Nc2ccc(N3CCC(CO)CC3)cc2C)nc1N(C=O)C1CCCC1. The summed E-state index contributed by atoms with van der Waals surface area (Å²) < 4.78 is 0. The van der Waals surface area contributed by atoms with Crippen LogP contribution in [0.3, 0.4) is 0 Å². The number of nitrogens with one attached hydrogen (secondary N) is 1. The van der Waals surface area contributed by atoms with Crippen LogP contribution in [0.25, 0.3) is 6.08 Å². The van der Waals surface area contributed by atoms with Crippen molar-refractivity contribution in [3.8, 4) is 0 Å². The Kier molecular flexibility index (Phi) is 8.06. The second-order valence-corrected chi connectivity index (χ2v) is 9.99. The molecule has 1 saturated carbocycles. The zero-order valence-corrected chi connectivity index (χ0v) is 20.8. The molecule has 0 bridgehead atoms. The van der Waals surface area contributed by atoms with E-state index in [1.54, 1.807) is 24.1 Å². The van der Waals surface area contributed by atoms with Crippen molar-refractivity contribution in [2.24, 2.45) is 5.92 Å². The zero-order valence-electron chi connectivity index (χ0n) is 20.0. The molecule has 2 fully saturated rings. The van der Waals surface area contributed by atoms with Crippen molar-refractivity contribution in [2.75, 3.05) is 34.8 Å². The van der Waals surface area contributed by atoms with Gasteiger partial charge in [0.25, 0.3) is 0 Å². The quantitative estimate of drug-likeness (QED) is 0.499. The van der Waals surface area contributed by atoms with Gasteiger partial charge in [-0.15, -0.1) is 0 Å². The Morgan fingerprint density at radius 1 is 1.26 bits per heavy atom. The minimum absolute atomic E-state index is 0.152. The molecule has 1 aromatic carbocycles. The molecular formula is C26H34ClN5O2. The standard InChI is InChI=1S/C26H34ClN5O2/c1-18-13-23(31-11-9-20(16-33)10-12-31)7-8-24(18)29-26-28-15-21(14-19(2)27)25(30-26)32(17-34)22-5-3-4-6-22/h7-8,13-15,17,20,22,33H,3-6,9-12,16H2,1-2H3,(H,28,29,30)/b19-14+. The van der Waals surface area contributed by atoms with Crippen LogP contribution < -0.4 is 15.1 Å². The van der Waals surface area contributed by atoms with E-state index in [-0.39, 0.29) is 12.6 Å². The average molecular weight is 484 g/mol. The molecule has 8 heteroatoms. The second-order valence-electron chi connectivity index (χ2n) is 9.39. The van der Waals surface area contributed by atoms with Gasteiger partial charge in [0.05, 0.1) is 0 Å². The summed E-state index contributed by atoms with van der Waals surface area (Å²) in [7, 11) is 0. The van der Waals surface area contributed by atoms with Crippen LogP contribution in [0.4, 0.5) is 23.1 Å². The first-order valence-corrected chi connectivity index (χ1v) is 12.5. The number of hydrogen-bond donors (Lipinski definition) is 2. The van der Waals surface area contributed by atoms with Gasteiger partial charge in [-0.3, -0.25) is 9.69 Å². The van der Waals surface area contributed by atoms with Gasteiger partial charge >= 0.3 is 0 Å². The highest BCUT2D eigenvalue weighted by Crippen LogP contribution is 2.32. The molecule has 2 heterocycles. The number of carbonyl (C=O) groups excluding carboxylic acids is 1. The smallest absolute Gasteiger partial charge is 0.229 e. The third-order valence-electron chi connectivity index (χ3n) is 6.92. The zero-order chi connectivity index (χ0) is 24.1. The molecule has 4 rings (SSSR count). The van der Waals surface area contributed by atoms with E-state index in [9.17, 15) is 9.90 Å². The molecule has 0 unspecified atom stereocenters. The number of aliphatic hydroxyl groups excluding tert-OH is 1. The molecule has 1 saturated heterocycles. The van der Waals surface area contributed by atoms with Gasteiger partial charge in [-0.25, -0.2) is 4.98 Å². The highest BCUT2D eigenvalue weighted by Gasteiger charge is 2.26. The molecule has 2 aliphatic rings. The van der Waals surface area contributed by atoms with E-state index in [2.05, 4.69) is 40.3 Å². The van der Waals surface area contributed by atoms with Crippen LogP contribution in [0.15, 0.2) is 29.4 Å². The van der Waals surface area contributed by atoms with Crippen molar-refractivity contribution in [3.05, 3.63) is 40.6 Å². The van der Waals surface area contributed by atoms with Gasteiger partial charge in [0, 0.05) is 53.9 Å². The third-order valence-corrected chi connectivity index (χ3v) is 7.03. The molecule has 0 atom stereocenters. The molecule has 0 spiro atoms. The number of aliphatic hydroxyl groups is 1. The summed E-state index contributed by atoms with van der Waals surface area (Å²) in [5, 5.41) is 13.3. The number of hydrogen-bond acceptors (Lipinski definition) is 6. The van der Waals surface area contributed by atoms with Gasteiger partial charge in [0.2, 0.25) is 12.4 Å². The lowest BCUT2D eigenvalue weighted by molar-refractivity contribution is -0.107. The van der Waals surface area contributed by atoms with Crippen molar-refractivity contribution in [2.45, 2.75) is 58.4 Å². The number of allylic oxidation sites excluding steroid dienone is 1. The van der Waals surface area contributed by atoms with Crippen LogP contribution in [0.2, 0.25) is 0 Å². The van der Waals surface area contributed by atoms with Crippen molar-refractivity contribution < 1.29 is 9.90 Å². The van der Waals surface area contributed by atoms with E-state index in [1.165, 1.54) is 5.69 Å². The van der Waals surface area contributed by atoms with E-state index < -0.39 is 0 Å². The fourth-order valence-corrected chi connectivity index (χ4v) is 5.05. The van der Waals surface area contributed by atoms with Gasteiger partial charge in [-0.05, 0) is 75.3 Å². The van der Waals surface area contributed by atoms with Crippen LogP contribution in [-0.4, -0.2) is 47.2 Å². The molecule has 2 N–H and O–H groups in total. The second kappa shape index (κ2) is 11.2. The number of piperidine rings is 1. The highest BCUT2D eigenvalue weighted by atomic mass is 35.5. The summed E-state index contributed by atoms with van der Waals surface area (Å²) in [5.41, 5.74) is 3.94. The molecule has 1 aliphatic carbocycles. The van der Waals surface area contributed by atoms with E-state index in [4.69, 9.17) is 16.6 Å². The summed E-state index contributed by atoms with van der Waals surface area (Å²) in [4.78, 5) is 25.4. The number of amides is 1. The Labute approximate surface area is 206 Å². The first kappa shape index (κ1) is 24.5. The van der Waals surface area contributed by atoms with E-state index in [0.29, 0.717) is 22.7 Å². The summed E-state index contributed by atoms with van der Waals surface area (Å²) in [6.45, 7) is 6.06. The van der Waals surface area contributed by atoms with Gasteiger partial charge in [0.15, 0.2) is 0 Å². The van der Waals surface area contributed by atoms with Crippen molar-refractivity contribution >= 4 is 47.2 Å². The number of benzene rings is 1. The third kappa shape index (κ3) is 5.70. The van der Waals surface area contributed by atoms with Crippen LogP contribution >= 0.6 is 11.6 Å². The highest BCUT2D eigenvalue weighted by molar-refractivity contribution is 6.31. The Bertz CT molecular complexity index is 1030. The largest absolute Gasteiger partial charge is 0.396 e. The number of carbonyl (C=O) groups is 1. The molecule has 1 aliphatic heterocycles. The summed E-state index contributed by atoms with van der Waals surface area (Å²) >= 11 is 6.14. The number of aromatic nitrogens is 2. The normalized spacial score (nSPS) is 17.8. The molecular weight excluding hydrogens is 450 g/mol. The lowest BCUT2D eigenvalue weighted by atomic mass is 9.97. The Hall–Kier alpha value is -2.64. The van der Waals surface area contributed by atoms with Crippen molar-refractivity contribution in [1.82, 2.24) is 9.97 Å². The number of anilines is 4. The van der Waals surface area contributed by atoms with Gasteiger partial charge in [0.1, 0.15) is 5.82 Å². The lowest BCUT2D eigenvalue weighted by Gasteiger charge is -2.33. The Balaban J connectivity index is 1.56. The molecule has 1 aromatic heterocycles. The predicted octanol–water partition coefficient (Wildman–Crippen LogP) is 5.24. The lowest BCUT2D eigenvalue weighted by Crippen LogP contribution is -2.34. The predicted molar refractivity (Wildman–Crippen MR) is 139 cm³/mol. The molecule has 182 valence electrons. The maximum Gasteiger partial charge on any atom is 0.229 e. The minimum atomic E-state index is 0.152. The van der Waals surface area contributed by atoms with Crippen LogP contribution in [0, 0.1) is 12.8 Å². The first-order valence-electron chi connectivity index (χ1n) is 12.2. The van der Waals surface area contributed by atoms with E-state index in [0.717, 1.165) is 74.8 Å². The van der Waals surface area contributed by atoms with Crippen LogP contribution in [0.1, 0.15) is 56.6 Å². The minimum Gasteiger partial charge on any atom is -0.396 e. The summed E-state index contributed by atoms with van der Waals surface area (Å²) in [6.07, 6.45) is 10.6. The van der Waals surface area contributed by atoms with Crippen molar-refractivity contribution in [3.63, 3.8) is 0 Å². The average Bonchev–Trinajstić information content (AvgIpc) is 3.37. The van der Waals surface area contributed by atoms with Gasteiger partial charge in [-0.1, -0.05) is 24.4 Å².